The number of aliphatic hydroxyl groups is 1. The molecule has 6 heteroatoms. The van der Waals surface area contributed by atoms with Crippen LogP contribution >= 0.6 is 0 Å². The Morgan fingerprint density at radius 1 is 1.09 bits per heavy atom. The first-order valence-corrected chi connectivity index (χ1v) is 13.5. The largest absolute Gasteiger partial charge is 0.387 e. The highest BCUT2D eigenvalue weighted by atomic mass is 16.3. The molecule has 2 aliphatic rings. The summed E-state index contributed by atoms with van der Waals surface area (Å²) in [7, 11) is 0. The maximum absolute atomic E-state index is 12.1. The number of nitrogens with two attached hydrogens (primary N) is 1. The van der Waals surface area contributed by atoms with E-state index < -0.39 is 0 Å². The van der Waals surface area contributed by atoms with Crippen molar-refractivity contribution in [2.24, 2.45) is 11.7 Å². The number of carbonyl (C=O) groups is 2. The Morgan fingerprint density at radius 3 is 2.38 bits per heavy atom. The van der Waals surface area contributed by atoms with Crippen molar-refractivity contribution >= 4 is 11.8 Å². The first-order chi connectivity index (χ1) is 16.5. The summed E-state index contributed by atoms with van der Waals surface area (Å²) in [6.45, 7) is 6.65. The van der Waals surface area contributed by atoms with E-state index >= 15 is 0 Å². The smallest absolute Gasteiger partial charge is 0.248 e. The van der Waals surface area contributed by atoms with Gasteiger partial charge >= 0.3 is 0 Å². The van der Waals surface area contributed by atoms with Crippen LogP contribution < -0.4 is 5.73 Å². The van der Waals surface area contributed by atoms with Gasteiger partial charge in [-0.1, -0.05) is 51.7 Å². The van der Waals surface area contributed by atoms with Gasteiger partial charge in [0.05, 0.1) is 0 Å². The maximum atomic E-state index is 12.1. The number of piperidine rings is 1. The van der Waals surface area contributed by atoms with Gasteiger partial charge in [0.15, 0.2) is 0 Å². The van der Waals surface area contributed by atoms with E-state index in [0.29, 0.717) is 29.5 Å². The van der Waals surface area contributed by atoms with Gasteiger partial charge in [-0.05, 0) is 74.6 Å². The highest BCUT2D eigenvalue weighted by Crippen LogP contribution is 2.43. The minimum atomic E-state index is -0.383. The second kappa shape index (κ2) is 13.2. The molecule has 190 valence electrons. The van der Waals surface area contributed by atoms with Gasteiger partial charge in [0.2, 0.25) is 11.8 Å². The molecule has 2 saturated heterocycles. The van der Waals surface area contributed by atoms with Crippen LogP contribution in [0.1, 0.15) is 99.9 Å². The Morgan fingerprint density at radius 2 is 1.76 bits per heavy atom. The highest BCUT2D eigenvalue weighted by molar-refractivity contribution is 5.92. The van der Waals surface area contributed by atoms with Crippen LogP contribution in [0.25, 0.3) is 0 Å². The number of aliphatic hydroxyl groups excluding tert-OH is 1. The number of benzene rings is 1. The summed E-state index contributed by atoms with van der Waals surface area (Å²) >= 11 is 0. The molecule has 2 fully saturated rings. The van der Waals surface area contributed by atoms with Crippen molar-refractivity contribution in [2.45, 2.75) is 96.1 Å². The molecule has 3 rings (SSSR count). The van der Waals surface area contributed by atoms with E-state index in [1.54, 1.807) is 6.07 Å². The zero-order chi connectivity index (χ0) is 24.5. The number of nitrogens with zero attached hydrogens (tertiary/aromatic N) is 2. The summed E-state index contributed by atoms with van der Waals surface area (Å²) in [4.78, 5) is 28.3. The normalized spacial score (nSPS) is 22.3. The lowest BCUT2D eigenvalue weighted by Gasteiger charge is -2.39. The molecule has 3 atom stereocenters. The molecule has 34 heavy (non-hydrogen) atoms. The van der Waals surface area contributed by atoms with Crippen molar-refractivity contribution in [3.05, 3.63) is 35.4 Å². The molecule has 6 nitrogen and oxygen atoms in total. The Balaban J connectivity index is 1.39. The van der Waals surface area contributed by atoms with Crippen molar-refractivity contribution in [1.29, 1.82) is 0 Å². The third-order valence-corrected chi connectivity index (χ3v) is 8.24. The Hall–Kier alpha value is -1.92. The average molecular weight is 472 g/mol. The molecule has 3 N–H and O–H groups in total. The van der Waals surface area contributed by atoms with Gasteiger partial charge in [-0.15, -0.1) is 0 Å². The van der Waals surface area contributed by atoms with Crippen molar-refractivity contribution < 1.29 is 14.7 Å². The van der Waals surface area contributed by atoms with Gasteiger partial charge in [-0.3, -0.25) is 14.5 Å². The number of fused-ring (bicyclic) bond motifs is 2. The third-order valence-electron chi connectivity index (χ3n) is 8.24. The lowest BCUT2D eigenvalue weighted by Crippen LogP contribution is -2.42. The lowest BCUT2D eigenvalue weighted by atomic mass is 9.84. The predicted octanol–water partition coefficient (Wildman–Crippen LogP) is 4.31. The minimum absolute atomic E-state index is 0.132. The number of carbonyl (C=O) groups excluding carboxylic acids is 2. The van der Waals surface area contributed by atoms with Gasteiger partial charge in [0.25, 0.3) is 0 Å². The van der Waals surface area contributed by atoms with Crippen LogP contribution in [0.5, 0.6) is 0 Å². The first kappa shape index (κ1) is 26.7. The topological polar surface area (TPSA) is 86.9 Å². The van der Waals surface area contributed by atoms with Gasteiger partial charge in [-0.25, -0.2) is 0 Å². The Bertz CT molecular complexity index is 781. The second-order valence-electron chi connectivity index (χ2n) is 10.4. The highest BCUT2D eigenvalue weighted by Gasteiger charge is 2.40. The maximum Gasteiger partial charge on any atom is 0.248 e. The number of rotatable bonds is 14. The molecule has 1 aromatic rings. The fourth-order valence-electron chi connectivity index (χ4n) is 6.08. The fourth-order valence-corrected chi connectivity index (χ4v) is 6.08. The lowest BCUT2D eigenvalue weighted by molar-refractivity contribution is -0.135. The molecule has 2 amide bonds. The van der Waals surface area contributed by atoms with E-state index in [2.05, 4.69) is 24.8 Å². The van der Waals surface area contributed by atoms with Gasteiger partial charge in [0.1, 0.15) is 6.61 Å². The van der Waals surface area contributed by atoms with E-state index in [1.807, 2.05) is 17.0 Å². The van der Waals surface area contributed by atoms with E-state index in [0.717, 1.165) is 45.3 Å². The summed E-state index contributed by atoms with van der Waals surface area (Å²) in [5, 5.41) is 9.32. The molecule has 0 aliphatic carbocycles. The first-order valence-electron chi connectivity index (χ1n) is 13.5. The zero-order valence-corrected chi connectivity index (χ0v) is 21.3. The van der Waals surface area contributed by atoms with Crippen LogP contribution in [0.2, 0.25) is 0 Å². The number of hydrogen-bond acceptors (Lipinski definition) is 4. The summed E-state index contributed by atoms with van der Waals surface area (Å²) in [5.74, 6) is 0.569. The molecule has 2 heterocycles. The van der Waals surface area contributed by atoms with Crippen molar-refractivity contribution in [3.63, 3.8) is 0 Å². The molecule has 0 aromatic heterocycles. The van der Waals surface area contributed by atoms with Crippen LogP contribution in [0.3, 0.4) is 0 Å². The minimum Gasteiger partial charge on any atom is -0.387 e. The Kier molecular flexibility index (Phi) is 10.4. The number of amides is 2. The molecular formula is C28H45N3O3. The van der Waals surface area contributed by atoms with Crippen LogP contribution in [0.15, 0.2) is 24.3 Å². The predicted molar refractivity (Wildman–Crippen MR) is 137 cm³/mol. The molecule has 0 radical (unpaired) electrons. The number of hydrogen-bond donors (Lipinski definition) is 2. The van der Waals surface area contributed by atoms with Gasteiger partial charge < -0.3 is 15.7 Å². The summed E-state index contributed by atoms with van der Waals surface area (Å²) in [5.41, 5.74) is 7.37. The zero-order valence-electron chi connectivity index (χ0n) is 21.3. The molecule has 1 aromatic carbocycles. The molecule has 2 bridgehead atoms. The Labute approximate surface area is 205 Å². The molecular weight excluding hydrogens is 426 g/mol. The molecule has 2 aliphatic heterocycles. The number of primary amides is 1. The van der Waals surface area contributed by atoms with E-state index in [-0.39, 0.29) is 18.4 Å². The van der Waals surface area contributed by atoms with Crippen molar-refractivity contribution in [3.8, 4) is 0 Å². The fraction of sp³-hybridized carbons (Fsp3) is 0.714. The summed E-state index contributed by atoms with van der Waals surface area (Å²) in [6, 6.07) is 9.22. The van der Waals surface area contributed by atoms with Crippen LogP contribution in [-0.4, -0.2) is 65.0 Å². The van der Waals surface area contributed by atoms with Crippen molar-refractivity contribution in [1.82, 2.24) is 9.80 Å². The summed E-state index contributed by atoms with van der Waals surface area (Å²) < 4.78 is 0. The van der Waals surface area contributed by atoms with Crippen LogP contribution in [0, 0.1) is 5.92 Å². The molecule has 1 unspecified atom stereocenters. The van der Waals surface area contributed by atoms with Gasteiger partial charge in [0, 0.05) is 30.7 Å². The molecule has 0 spiro atoms. The standard InChI is InChI=1S/C28H45N3O3/c1-3-21(4-2)19-30(27(33)20-32)14-7-5-6-8-15-31-25-12-13-26(31)18-24(17-25)22-10-9-11-23(16-22)28(29)34/h9-11,16,21,24-26,32H,3-8,12-15,17-20H2,1-2H3,(H2,29,34)/t24?,25-,26+. The SMILES string of the molecule is CCC(CC)CN(CCCCCCN1[C@@H]2CC[C@H]1CC(c1cccc(C(N)=O)c1)C2)C(=O)CO. The summed E-state index contributed by atoms with van der Waals surface area (Å²) in [6.07, 6.45) is 11.6. The average Bonchev–Trinajstić information content (AvgIpc) is 3.08. The third kappa shape index (κ3) is 7.05. The van der Waals surface area contributed by atoms with E-state index in [9.17, 15) is 14.7 Å². The van der Waals surface area contributed by atoms with Crippen molar-refractivity contribution in [2.75, 3.05) is 26.2 Å². The quantitative estimate of drug-likeness (QED) is 0.396. The monoisotopic (exact) mass is 471 g/mol. The van der Waals surface area contributed by atoms with Crippen LogP contribution in [0.4, 0.5) is 0 Å². The van der Waals surface area contributed by atoms with Gasteiger partial charge in [-0.2, -0.15) is 0 Å². The van der Waals surface area contributed by atoms with Crippen LogP contribution in [-0.2, 0) is 4.79 Å². The van der Waals surface area contributed by atoms with E-state index in [1.165, 1.54) is 44.1 Å². The molecule has 0 saturated carbocycles. The van der Waals surface area contributed by atoms with E-state index in [4.69, 9.17) is 5.73 Å². The number of unbranched alkanes of at least 4 members (excludes halogenated alkanes) is 3. The second-order valence-corrected chi connectivity index (χ2v) is 10.4.